The predicted molar refractivity (Wildman–Crippen MR) is 60.2 cm³/mol. The van der Waals surface area contributed by atoms with Gasteiger partial charge in [-0.3, -0.25) is 0 Å². The number of halogens is 4. The first-order chi connectivity index (χ1) is 8.16. The summed E-state index contributed by atoms with van der Waals surface area (Å²) in [6.45, 7) is 0. The van der Waals surface area contributed by atoms with E-state index < -0.39 is 33.4 Å². The fourth-order valence-corrected chi connectivity index (χ4v) is 2.85. The van der Waals surface area contributed by atoms with Crippen molar-refractivity contribution >= 4 is 21.4 Å². The Morgan fingerprint density at radius 1 is 1.22 bits per heavy atom. The Bertz CT molecular complexity index is 496. The van der Waals surface area contributed by atoms with Crippen LogP contribution >= 0.6 is 11.6 Å². The van der Waals surface area contributed by atoms with Crippen LogP contribution in [-0.4, -0.2) is 31.3 Å². The van der Waals surface area contributed by atoms with Crippen LogP contribution in [0.1, 0.15) is 5.56 Å². The van der Waals surface area contributed by atoms with Gasteiger partial charge in [-0.1, -0.05) is 0 Å². The van der Waals surface area contributed by atoms with Gasteiger partial charge in [0, 0.05) is 5.88 Å². The molecular formula is C10H10ClF3O3S. The molecule has 0 amide bonds. The smallest absolute Gasteiger partial charge is 0.391 e. The van der Waals surface area contributed by atoms with Gasteiger partial charge in [-0.2, -0.15) is 13.2 Å². The third-order valence-electron chi connectivity index (χ3n) is 2.13. The molecular weight excluding hydrogens is 293 g/mol. The molecule has 8 heteroatoms. The van der Waals surface area contributed by atoms with Gasteiger partial charge in [-0.05, 0) is 24.3 Å². The zero-order chi connectivity index (χ0) is 14.0. The molecule has 1 N–H and O–H groups in total. The average molecular weight is 303 g/mol. The second-order valence-electron chi connectivity index (χ2n) is 3.61. The number of aliphatic hydroxyl groups is 1. The highest BCUT2D eigenvalue weighted by atomic mass is 35.5. The minimum Gasteiger partial charge on any atom is -0.391 e. The standard InChI is InChI=1S/C10H10ClF3O3S/c11-5-8(15)6-18(16,17)9-3-1-7(2-4-9)10(12,13)14/h1-4,8,15H,5-6H2. The van der Waals surface area contributed by atoms with Gasteiger partial charge in [0.15, 0.2) is 9.84 Å². The molecule has 1 atom stereocenters. The molecule has 0 aliphatic heterocycles. The van der Waals surface area contributed by atoms with E-state index in [0.717, 1.165) is 12.1 Å². The predicted octanol–water partition coefficient (Wildman–Crippen LogP) is 2.08. The lowest BCUT2D eigenvalue weighted by atomic mass is 10.2. The Kier molecular flexibility index (Phi) is 4.63. The summed E-state index contributed by atoms with van der Waals surface area (Å²) >= 11 is 5.27. The minimum atomic E-state index is -4.52. The molecule has 0 bridgehead atoms. The van der Waals surface area contributed by atoms with Gasteiger partial charge in [0.2, 0.25) is 0 Å². The zero-order valence-corrected chi connectivity index (χ0v) is 10.6. The summed E-state index contributed by atoms with van der Waals surface area (Å²) in [5.74, 6) is -0.887. The van der Waals surface area contributed by atoms with E-state index in [2.05, 4.69) is 0 Å². The molecule has 0 aliphatic rings. The molecule has 0 spiro atoms. The molecule has 0 aliphatic carbocycles. The van der Waals surface area contributed by atoms with Crippen LogP contribution in [0.2, 0.25) is 0 Å². The quantitative estimate of drug-likeness (QED) is 0.866. The van der Waals surface area contributed by atoms with Gasteiger partial charge in [0.05, 0.1) is 22.3 Å². The van der Waals surface area contributed by atoms with Crippen molar-refractivity contribution in [2.75, 3.05) is 11.6 Å². The van der Waals surface area contributed by atoms with Crippen LogP contribution in [0.4, 0.5) is 13.2 Å². The summed E-state index contributed by atoms with van der Waals surface area (Å²) in [4.78, 5) is -0.278. The van der Waals surface area contributed by atoms with Crippen molar-refractivity contribution < 1.29 is 26.7 Å². The average Bonchev–Trinajstić information content (AvgIpc) is 2.27. The molecule has 0 fully saturated rings. The number of aliphatic hydroxyl groups excluding tert-OH is 1. The van der Waals surface area contributed by atoms with Gasteiger partial charge in [-0.25, -0.2) is 8.42 Å². The van der Waals surface area contributed by atoms with Crippen molar-refractivity contribution in [2.24, 2.45) is 0 Å². The fourth-order valence-electron chi connectivity index (χ4n) is 1.25. The van der Waals surface area contributed by atoms with Crippen LogP contribution in [-0.2, 0) is 16.0 Å². The molecule has 0 saturated carbocycles. The SMILES string of the molecule is O=S(=O)(CC(O)CCl)c1ccc(C(F)(F)F)cc1. The summed E-state index contributed by atoms with van der Waals surface area (Å²) in [5.41, 5.74) is -0.931. The third-order valence-corrected chi connectivity index (χ3v) is 4.30. The lowest BCUT2D eigenvalue weighted by Crippen LogP contribution is -2.22. The summed E-state index contributed by atoms with van der Waals surface area (Å²) in [7, 11) is -3.84. The number of benzene rings is 1. The maximum atomic E-state index is 12.3. The molecule has 0 saturated heterocycles. The molecule has 1 rings (SSSR count). The fraction of sp³-hybridized carbons (Fsp3) is 0.400. The third kappa shape index (κ3) is 3.86. The summed E-state index contributed by atoms with van der Waals surface area (Å²) in [5, 5.41) is 9.15. The van der Waals surface area contributed by atoms with Crippen molar-refractivity contribution in [3.8, 4) is 0 Å². The summed E-state index contributed by atoms with van der Waals surface area (Å²) in [6.07, 6.45) is -5.77. The van der Waals surface area contributed by atoms with E-state index in [0.29, 0.717) is 12.1 Å². The Morgan fingerprint density at radius 3 is 2.11 bits per heavy atom. The Morgan fingerprint density at radius 2 is 1.72 bits per heavy atom. The largest absolute Gasteiger partial charge is 0.416 e. The second kappa shape index (κ2) is 5.46. The lowest BCUT2D eigenvalue weighted by Gasteiger charge is -2.10. The first-order valence-electron chi connectivity index (χ1n) is 4.81. The molecule has 18 heavy (non-hydrogen) atoms. The molecule has 0 heterocycles. The van der Waals surface area contributed by atoms with Gasteiger partial charge in [0.1, 0.15) is 0 Å². The van der Waals surface area contributed by atoms with Crippen molar-refractivity contribution in [3.63, 3.8) is 0 Å². The van der Waals surface area contributed by atoms with E-state index in [1.807, 2.05) is 0 Å². The normalized spacial score (nSPS) is 14.5. The van der Waals surface area contributed by atoms with Crippen molar-refractivity contribution in [3.05, 3.63) is 29.8 Å². The van der Waals surface area contributed by atoms with Crippen molar-refractivity contribution in [1.29, 1.82) is 0 Å². The van der Waals surface area contributed by atoms with Crippen LogP contribution in [0.3, 0.4) is 0 Å². The number of hydrogen-bond acceptors (Lipinski definition) is 3. The highest BCUT2D eigenvalue weighted by Crippen LogP contribution is 2.29. The maximum Gasteiger partial charge on any atom is 0.416 e. The molecule has 3 nitrogen and oxygen atoms in total. The van der Waals surface area contributed by atoms with Crippen LogP contribution in [0.15, 0.2) is 29.2 Å². The van der Waals surface area contributed by atoms with E-state index in [1.165, 1.54) is 0 Å². The van der Waals surface area contributed by atoms with E-state index in [1.54, 1.807) is 0 Å². The lowest BCUT2D eigenvalue weighted by molar-refractivity contribution is -0.137. The topological polar surface area (TPSA) is 54.4 Å². The first kappa shape index (κ1) is 15.3. The van der Waals surface area contributed by atoms with E-state index >= 15 is 0 Å². The van der Waals surface area contributed by atoms with E-state index in [-0.39, 0.29) is 10.8 Å². The maximum absolute atomic E-state index is 12.3. The van der Waals surface area contributed by atoms with Crippen LogP contribution in [0.25, 0.3) is 0 Å². The van der Waals surface area contributed by atoms with Gasteiger partial charge in [0.25, 0.3) is 0 Å². The van der Waals surface area contributed by atoms with Gasteiger partial charge < -0.3 is 5.11 Å². The zero-order valence-electron chi connectivity index (χ0n) is 8.98. The molecule has 0 aromatic heterocycles. The molecule has 0 radical (unpaired) electrons. The number of alkyl halides is 4. The van der Waals surface area contributed by atoms with Crippen LogP contribution < -0.4 is 0 Å². The van der Waals surface area contributed by atoms with Crippen molar-refractivity contribution in [1.82, 2.24) is 0 Å². The summed E-state index contributed by atoms with van der Waals surface area (Å²) in [6, 6.07) is 3.08. The van der Waals surface area contributed by atoms with E-state index in [9.17, 15) is 21.6 Å². The Balaban J connectivity index is 2.98. The van der Waals surface area contributed by atoms with Gasteiger partial charge >= 0.3 is 6.18 Å². The molecule has 102 valence electrons. The van der Waals surface area contributed by atoms with Crippen LogP contribution in [0, 0.1) is 0 Å². The van der Waals surface area contributed by atoms with Crippen LogP contribution in [0.5, 0.6) is 0 Å². The number of sulfone groups is 1. The first-order valence-corrected chi connectivity index (χ1v) is 6.99. The molecule has 1 aromatic rings. The second-order valence-corrected chi connectivity index (χ2v) is 5.95. The number of hydrogen-bond donors (Lipinski definition) is 1. The Labute approximate surface area is 107 Å². The highest BCUT2D eigenvalue weighted by Gasteiger charge is 2.30. The monoisotopic (exact) mass is 302 g/mol. The molecule has 1 unspecified atom stereocenters. The molecule has 1 aromatic carbocycles. The highest BCUT2D eigenvalue weighted by molar-refractivity contribution is 7.91. The van der Waals surface area contributed by atoms with Crippen molar-refractivity contribution in [2.45, 2.75) is 17.2 Å². The number of rotatable bonds is 4. The van der Waals surface area contributed by atoms with Gasteiger partial charge in [-0.15, -0.1) is 11.6 Å². The summed E-state index contributed by atoms with van der Waals surface area (Å²) < 4.78 is 60.1. The minimum absolute atomic E-state index is 0.264. The Hall–Kier alpha value is -0.790. The van der Waals surface area contributed by atoms with E-state index in [4.69, 9.17) is 16.7 Å².